The van der Waals surface area contributed by atoms with E-state index in [-0.39, 0.29) is 16.8 Å². The van der Waals surface area contributed by atoms with Crippen molar-refractivity contribution >= 4 is 17.2 Å². The van der Waals surface area contributed by atoms with Gasteiger partial charge in [0.15, 0.2) is 0 Å². The lowest BCUT2D eigenvalue weighted by molar-refractivity contribution is -0.311. The lowest BCUT2D eigenvalue weighted by Gasteiger charge is -2.35. The zero-order valence-electron chi connectivity index (χ0n) is 14.2. The molecule has 10 heteroatoms. The number of fused-ring (bicyclic) bond motifs is 2. The Morgan fingerprint density at radius 2 is 1.68 bits per heavy atom. The summed E-state index contributed by atoms with van der Waals surface area (Å²) in [5, 5.41) is 0. The minimum Gasteiger partial charge on any atom is -0.439 e. The minimum absolute atomic E-state index is 0.0469. The molecule has 1 aromatic rings. The fourth-order valence-electron chi connectivity index (χ4n) is 3.11. The van der Waals surface area contributed by atoms with Gasteiger partial charge in [0.1, 0.15) is 5.83 Å². The molecule has 0 aromatic heterocycles. The highest BCUT2D eigenvalue weighted by Crippen LogP contribution is 2.45. The van der Waals surface area contributed by atoms with E-state index in [0.29, 0.717) is 5.69 Å². The van der Waals surface area contributed by atoms with E-state index in [1.165, 1.54) is 24.3 Å². The Hall–Kier alpha value is -2.78. The zero-order valence-corrected chi connectivity index (χ0v) is 14.2. The topological polar surface area (TPSA) is 29.5 Å². The number of para-hydroxylation sites is 1. The van der Waals surface area contributed by atoms with Crippen molar-refractivity contribution in [3.05, 3.63) is 59.1 Å². The summed E-state index contributed by atoms with van der Waals surface area (Å²) in [7, 11) is 1.58. The van der Waals surface area contributed by atoms with Crippen LogP contribution in [0.4, 0.5) is 36.4 Å². The van der Waals surface area contributed by atoms with Gasteiger partial charge in [-0.25, -0.2) is 9.18 Å². The van der Waals surface area contributed by atoms with E-state index in [2.05, 4.69) is 4.74 Å². The first kappa shape index (κ1) is 20.0. The van der Waals surface area contributed by atoms with Crippen LogP contribution < -0.4 is 4.90 Å². The number of hydrogen-bond acceptors (Lipinski definition) is 3. The fourth-order valence-corrected chi connectivity index (χ4v) is 3.11. The number of alkyl halides is 6. The van der Waals surface area contributed by atoms with Gasteiger partial charge in [0, 0.05) is 30.4 Å². The number of rotatable bonds is 2. The van der Waals surface area contributed by atoms with Gasteiger partial charge in [-0.05, 0) is 23.8 Å². The van der Waals surface area contributed by atoms with Crippen molar-refractivity contribution in [2.24, 2.45) is 0 Å². The third-order valence-corrected chi connectivity index (χ3v) is 4.30. The molecule has 1 aliphatic carbocycles. The third-order valence-electron chi connectivity index (χ3n) is 4.30. The highest BCUT2D eigenvalue weighted by molar-refractivity contribution is 6.21. The predicted octanol–water partition coefficient (Wildman–Crippen LogP) is 5.07. The second-order valence-electron chi connectivity index (χ2n) is 6.14. The number of carbonyl (C=O) groups excluding carboxylic acids is 1. The van der Waals surface area contributed by atoms with Crippen molar-refractivity contribution in [2.75, 3.05) is 11.9 Å². The van der Waals surface area contributed by atoms with Gasteiger partial charge in [-0.15, -0.1) is 0 Å². The maximum absolute atomic E-state index is 13.8. The summed E-state index contributed by atoms with van der Waals surface area (Å²) in [6, 6.07) is 5.91. The summed E-state index contributed by atoms with van der Waals surface area (Å²) in [5.41, 5.74) is 0.120. The predicted molar refractivity (Wildman–Crippen MR) is 85.6 cm³/mol. The molecule has 150 valence electrons. The molecule has 0 saturated carbocycles. The van der Waals surface area contributed by atoms with Crippen LogP contribution in [-0.2, 0) is 9.53 Å². The van der Waals surface area contributed by atoms with Gasteiger partial charge in [0.2, 0.25) is 0 Å². The first-order valence-corrected chi connectivity index (χ1v) is 7.88. The van der Waals surface area contributed by atoms with E-state index in [9.17, 15) is 35.5 Å². The van der Waals surface area contributed by atoms with Crippen LogP contribution in [0.5, 0.6) is 0 Å². The number of carbonyl (C=O) groups is 1. The number of benzene rings is 1. The molecule has 0 bridgehead atoms. The van der Waals surface area contributed by atoms with Crippen molar-refractivity contribution in [3.63, 3.8) is 0 Å². The molecule has 0 fully saturated rings. The quantitative estimate of drug-likeness (QED) is 0.507. The van der Waals surface area contributed by atoms with Crippen LogP contribution in [0.1, 0.15) is 12.0 Å². The molecule has 2 aliphatic rings. The van der Waals surface area contributed by atoms with E-state index in [1.54, 1.807) is 18.0 Å². The van der Waals surface area contributed by atoms with Crippen LogP contribution in [0.2, 0.25) is 0 Å². The molecular weight excluding hydrogens is 395 g/mol. The van der Waals surface area contributed by atoms with Crippen molar-refractivity contribution in [3.8, 4) is 0 Å². The van der Waals surface area contributed by atoms with Gasteiger partial charge in [-0.2, -0.15) is 26.3 Å². The first-order valence-electron chi connectivity index (χ1n) is 7.88. The highest BCUT2D eigenvalue weighted by Gasteiger charge is 2.60. The van der Waals surface area contributed by atoms with Crippen molar-refractivity contribution in [2.45, 2.75) is 24.9 Å². The van der Waals surface area contributed by atoms with E-state index >= 15 is 0 Å². The molecule has 1 aliphatic heterocycles. The molecule has 1 heterocycles. The molecule has 0 spiro atoms. The molecule has 0 N–H and O–H groups in total. The molecule has 3 nitrogen and oxygen atoms in total. The first-order chi connectivity index (χ1) is 12.9. The summed E-state index contributed by atoms with van der Waals surface area (Å²) in [4.78, 5) is 14.0. The molecule has 3 rings (SSSR count). The average molecular weight is 407 g/mol. The maximum Gasteiger partial charge on any atom is 0.434 e. The zero-order chi connectivity index (χ0) is 20.9. The fraction of sp³-hybridized carbons (Fsp3) is 0.278. The standard InChI is InChI=1S/C18H12F7NO2/c1-26-12-5-3-2-4-10(12)14(11-8-9(19)6-7-13(11)26)15(27)28-16(17(20,21)22)18(23,24)25/h2-7,16H,8H2,1H3. The number of hydrogen-bond donors (Lipinski definition) is 0. The van der Waals surface area contributed by atoms with Gasteiger partial charge in [-0.3, -0.25) is 0 Å². The second-order valence-corrected chi connectivity index (χ2v) is 6.14. The van der Waals surface area contributed by atoms with E-state index in [4.69, 9.17) is 0 Å². The Kier molecular flexibility index (Phi) is 4.76. The van der Waals surface area contributed by atoms with Crippen LogP contribution in [0.3, 0.4) is 0 Å². The largest absolute Gasteiger partial charge is 0.439 e. The SMILES string of the molecule is CN1C2=CC=C(F)CC2=C(C(=O)OC(C(F)(F)F)C(F)(F)F)c2ccccc21. The summed E-state index contributed by atoms with van der Waals surface area (Å²) in [6.07, 6.45) is -14.0. The average Bonchev–Trinajstić information content (AvgIpc) is 2.58. The number of likely N-dealkylation sites (N-methyl/N-ethyl adjacent to an activating group) is 1. The van der Waals surface area contributed by atoms with Crippen LogP contribution in [-0.4, -0.2) is 31.5 Å². The smallest absolute Gasteiger partial charge is 0.434 e. The Morgan fingerprint density at radius 1 is 1.07 bits per heavy atom. The lowest BCUT2D eigenvalue weighted by atomic mass is 9.87. The summed E-state index contributed by atoms with van der Waals surface area (Å²) < 4.78 is 94.4. The molecule has 1 aromatic carbocycles. The van der Waals surface area contributed by atoms with Crippen LogP contribution >= 0.6 is 0 Å². The summed E-state index contributed by atoms with van der Waals surface area (Å²) >= 11 is 0. The second kappa shape index (κ2) is 6.68. The molecule has 0 atom stereocenters. The Morgan fingerprint density at radius 3 is 2.29 bits per heavy atom. The van der Waals surface area contributed by atoms with E-state index in [0.717, 1.165) is 6.08 Å². The van der Waals surface area contributed by atoms with Crippen LogP contribution in [0.15, 0.2) is 53.5 Å². The van der Waals surface area contributed by atoms with Gasteiger partial charge < -0.3 is 9.64 Å². The number of halogens is 7. The Bertz CT molecular complexity index is 895. The number of anilines is 1. The molecular formula is C18H12F7NO2. The number of esters is 1. The Balaban J connectivity index is 2.12. The van der Waals surface area contributed by atoms with E-state index in [1.807, 2.05) is 0 Å². The van der Waals surface area contributed by atoms with Gasteiger partial charge in [0.25, 0.3) is 6.10 Å². The monoisotopic (exact) mass is 407 g/mol. The molecule has 0 radical (unpaired) electrons. The summed E-state index contributed by atoms with van der Waals surface area (Å²) in [5.74, 6) is -2.52. The van der Waals surface area contributed by atoms with Crippen molar-refractivity contribution < 1.29 is 40.3 Å². The normalized spacial score (nSPS) is 17.1. The van der Waals surface area contributed by atoms with Crippen LogP contribution in [0, 0.1) is 0 Å². The minimum atomic E-state index is -5.85. The summed E-state index contributed by atoms with van der Waals surface area (Å²) in [6.45, 7) is 0. The Labute approximate surface area is 154 Å². The van der Waals surface area contributed by atoms with Gasteiger partial charge in [0.05, 0.1) is 5.57 Å². The van der Waals surface area contributed by atoms with E-state index < -0.39 is 42.2 Å². The highest BCUT2D eigenvalue weighted by atomic mass is 19.4. The molecule has 28 heavy (non-hydrogen) atoms. The lowest BCUT2D eigenvalue weighted by Crippen LogP contribution is -2.46. The maximum atomic E-state index is 13.8. The molecule has 0 amide bonds. The number of nitrogens with zero attached hydrogens (tertiary/aromatic N) is 1. The molecule has 0 unspecified atom stereocenters. The van der Waals surface area contributed by atoms with Crippen molar-refractivity contribution in [1.29, 1.82) is 0 Å². The van der Waals surface area contributed by atoms with Crippen molar-refractivity contribution in [1.82, 2.24) is 0 Å². The van der Waals surface area contributed by atoms with Gasteiger partial charge >= 0.3 is 18.3 Å². The number of allylic oxidation sites excluding steroid dienone is 4. The third kappa shape index (κ3) is 3.50. The van der Waals surface area contributed by atoms with Gasteiger partial charge in [-0.1, -0.05) is 18.2 Å². The number of ether oxygens (including phenoxy) is 1. The van der Waals surface area contributed by atoms with Crippen LogP contribution in [0.25, 0.3) is 5.57 Å². The molecule has 0 saturated heterocycles.